The van der Waals surface area contributed by atoms with Crippen LogP contribution in [0.25, 0.3) is 0 Å². The summed E-state index contributed by atoms with van der Waals surface area (Å²) in [6.07, 6.45) is 6.18. The highest BCUT2D eigenvalue weighted by molar-refractivity contribution is 4.83. The van der Waals surface area contributed by atoms with Crippen molar-refractivity contribution >= 4 is 0 Å². The molecule has 0 aromatic heterocycles. The Morgan fingerprint density at radius 3 is 2.47 bits per heavy atom. The first kappa shape index (κ1) is 16.9. The SMILES string of the molecule is CCCNCC(C)(CCC)CN(C)C1CCOCC1. The van der Waals surface area contributed by atoms with Crippen LogP contribution in [0.4, 0.5) is 0 Å². The largest absolute Gasteiger partial charge is 0.381 e. The van der Waals surface area contributed by atoms with Crippen LogP contribution in [0.15, 0.2) is 0 Å². The standard InChI is InChI=1S/C16H34N2O/c1-5-9-16(3,13-17-10-6-2)14-18(4)15-7-11-19-12-8-15/h15,17H,5-14H2,1-4H3. The number of hydrogen-bond acceptors (Lipinski definition) is 3. The van der Waals surface area contributed by atoms with Gasteiger partial charge in [-0.25, -0.2) is 0 Å². The number of rotatable bonds is 9. The molecule has 0 saturated carbocycles. The van der Waals surface area contributed by atoms with E-state index in [1.165, 1.54) is 38.6 Å². The summed E-state index contributed by atoms with van der Waals surface area (Å²) in [7, 11) is 2.30. The fraction of sp³-hybridized carbons (Fsp3) is 1.00. The van der Waals surface area contributed by atoms with Gasteiger partial charge in [-0.15, -0.1) is 0 Å². The van der Waals surface area contributed by atoms with E-state index in [0.717, 1.165) is 32.3 Å². The van der Waals surface area contributed by atoms with Crippen LogP contribution in [0.5, 0.6) is 0 Å². The van der Waals surface area contributed by atoms with Crippen molar-refractivity contribution in [2.75, 3.05) is 39.9 Å². The van der Waals surface area contributed by atoms with E-state index in [9.17, 15) is 0 Å². The van der Waals surface area contributed by atoms with Crippen LogP contribution in [-0.4, -0.2) is 50.8 Å². The predicted molar refractivity (Wildman–Crippen MR) is 82.6 cm³/mol. The molecule has 3 heteroatoms. The summed E-state index contributed by atoms with van der Waals surface area (Å²) in [6, 6.07) is 0.719. The molecule has 0 bridgehead atoms. The highest BCUT2D eigenvalue weighted by Crippen LogP contribution is 2.26. The Morgan fingerprint density at radius 2 is 1.89 bits per heavy atom. The summed E-state index contributed by atoms with van der Waals surface area (Å²) in [5.74, 6) is 0. The zero-order valence-corrected chi connectivity index (χ0v) is 13.5. The molecule has 114 valence electrons. The number of ether oxygens (including phenoxy) is 1. The monoisotopic (exact) mass is 270 g/mol. The molecule has 1 atom stereocenters. The maximum Gasteiger partial charge on any atom is 0.0480 e. The molecule has 0 aromatic carbocycles. The van der Waals surface area contributed by atoms with Gasteiger partial charge >= 0.3 is 0 Å². The Labute approximate surface area is 120 Å². The summed E-state index contributed by atoms with van der Waals surface area (Å²) >= 11 is 0. The molecule has 0 radical (unpaired) electrons. The zero-order valence-electron chi connectivity index (χ0n) is 13.5. The number of nitrogens with one attached hydrogen (secondary N) is 1. The molecule has 1 fully saturated rings. The van der Waals surface area contributed by atoms with Crippen molar-refractivity contribution in [3.63, 3.8) is 0 Å². The van der Waals surface area contributed by atoms with Gasteiger partial charge in [-0.3, -0.25) is 0 Å². The average Bonchev–Trinajstić information content (AvgIpc) is 2.40. The molecular weight excluding hydrogens is 236 g/mol. The molecule has 1 rings (SSSR count). The molecule has 1 heterocycles. The summed E-state index contributed by atoms with van der Waals surface area (Å²) < 4.78 is 5.47. The van der Waals surface area contributed by atoms with Crippen molar-refractivity contribution in [1.29, 1.82) is 0 Å². The van der Waals surface area contributed by atoms with Gasteiger partial charge in [0, 0.05) is 32.3 Å². The van der Waals surface area contributed by atoms with Gasteiger partial charge in [0.1, 0.15) is 0 Å². The Morgan fingerprint density at radius 1 is 1.21 bits per heavy atom. The van der Waals surface area contributed by atoms with E-state index in [4.69, 9.17) is 4.74 Å². The minimum Gasteiger partial charge on any atom is -0.381 e. The third kappa shape index (κ3) is 6.24. The van der Waals surface area contributed by atoms with Gasteiger partial charge in [0.25, 0.3) is 0 Å². The van der Waals surface area contributed by atoms with Crippen LogP contribution < -0.4 is 5.32 Å². The molecule has 19 heavy (non-hydrogen) atoms. The molecule has 0 aromatic rings. The molecular formula is C16H34N2O. The lowest BCUT2D eigenvalue weighted by atomic mass is 9.84. The fourth-order valence-electron chi connectivity index (χ4n) is 3.25. The van der Waals surface area contributed by atoms with Gasteiger partial charge in [0.15, 0.2) is 0 Å². The van der Waals surface area contributed by atoms with Crippen molar-refractivity contribution in [2.45, 2.75) is 58.9 Å². The zero-order chi connectivity index (χ0) is 14.1. The van der Waals surface area contributed by atoms with Gasteiger partial charge < -0.3 is 15.0 Å². The molecule has 1 unspecified atom stereocenters. The van der Waals surface area contributed by atoms with Crippen LogP contribution in [-0.2, 0) is 4.74 Å². The summed E-state index contributed by atoms with van der Waals surface area (Å²) in [6.45, 7) is 12.3. The molecule has 0 spiro atoms. The molecule has 0 aliphatic carbocycles. The van der Waals surface area contributed by atoms with Crippen LogP contribution >= 0.6 is 0 Å². The second-order valence-corrected chi connectivity index (χ2v) is 6.50. The predicted octanol–water partition coefficient (Wildman–Crippen LogP) is 2.90. The summed E-state index contributed by atoms with van der Waals surface area (Å²) in [5, 5.41) is 3.62. The van der Waals surface area contributed by atoms with E-state index in [1.807, 2.05) is 0 Å². The van der Waals surface area contributed by atoms with Crippen LogP contribution in [0, 0.1) is 5.41 Å². The van der Waals surface area contributed by atoms with Crippen molar-refractivity contribution in [2.24, 2.45) is 5.41 Å². The second kappa shape index (κ2) is 8.93. The van der Waals surface area contributed by atoms with Gasteiger partial charge in [-0.1, -0.05) is 27.2 Å². The molecule has 1 saturated heterocycles. The molecule has 1 aliphatic rings. The van der Waals surface area contributed by atoms with Gasteiger partial charge in [0.2, 0.25) is 0 Å². The van der Waals surface area contributed by atoms with E-state index in [0.29, 0.717) is 5.41 Å². The topological polar surface area (TPSA) is 24.5 Å². The van der Waals surface area contributed by atoms with Gasteiger partial charge in [0.05, 0.1) is 0 Å². The lowest BCUT2D eigenvalue weighted by Crippen LogP contribution is -2.46. The van der Waals surface area contributed by atoms with E-state index in [2.05, 4.69) is 38.0 Å². The Kier molecular flexibility index (Phi) is 7.96. The van der Waals surface area contributed by atoms with Gasteiger partial charge in [-0.05, 0) is 44.7 Å². The van der Waals surface area contributed by atoms with Crippen molar-refractivity contribution in [3.8, 4) is 0 Å². The Hall–Kier alpha value is -0.120. The maximum atomic E-state index is 5.47. The van der Waals surface area contributed by atoms with Crippen LogP contribution in [0.3, 0.4) is 0 Å². The first-order valence-electron chi connectivity index (χ1n) is 8.10. The molecule has 0 amide bonds. The minimum atomic E-state index is 0.400. The first-order chi connectivity index (χ1) is 9.11. The van der Waals surface area contributed by atoms with Crippen molar-refractivity contribution in [1.82, 2.24) is 10.2 Å². The van der Waals surface area contributed by atoms with E-state index in [1.54, 1.807) is 0 Å². The van der Waals surface area contributed by atoms with Crippen molar-refractivity contribution < 1.29 is 4.74 Å². The van der Waals surface area contributed by atoms with E-state index < -0.39 is 0 Å². The third-order valence-corrected chi connectivity index (χ3v) is 4.28. The highest BCUT2D eigenvalue weighted by atomic mass is 16.5. The number of hydrogen-bond donors (Lipinski definition) is 1. The fourth-order valence-corrected chi connectivity index (χ4v) is 3.25. The Bertz CT molecular complexity index is 229. The van der Waals surface area contributed by atoms with E-state index >= 15 is 0 Å². The average molecular weight is 270 g/mol. The quantitative estimate of drug-likeness (QED) is 0.652. The van der Waals surface area contributed by atoms with Crippen LogP contribution in [0.2, 0.25) is 0 Å². The third-order valence-electron chi connectivity index (χ3n) is 4.28. The Balaban J connectivity index is 2.45. The van der Waals surface area contributed by atoms with Crippen LogP contribution in [0.1, 0.15) is 52.9 Å². The summed E-state index contributed by atoms with van der Waals surface area (Å²) in [4.78, 5) is 2.58. The van der Waals surface area contributed by atoms with E-state index in [-0.39, 0.29) is 0 Å². The molecule has 1 N–H and O–H groups in total. The first-order valence-corrected chi connectivity index (χ1v) is 8.10. The lowest BCUT2D eigenvalue weighted by molar-refractivity contribution is 0.0280. The second-order valence-electron chi connectivity index (χ2n) is 6.50. The molecule has 3 nitrogen and oxygen atoms in total. The normalized spacial score (nSPS) is 20.7. The summed E-state index contributed by atoms with van der Waals surface area (Å²) in [5.41, 5.74) is 0.400. The molecule has 1 aliphatic heterocycles. The smallest absolute Gasteiger partial charge is 0.0480 e. The maximum absolute atomic E-state index is 5.47. The number of nitrogens with zero attached hydrogens (tertiary/aromatic N) is 1. The lowest BCUT2D eigenvalue weighted by Gasteiger charge is -2.39. The minimum absolute atomic E-state index is 0.400. The highest BCUT2D eigenvalue weighted by Gasteiger charge is 2.28. The van der Waals surface area contributed by atoms with Gasteiger partial charge in [-0.2, -0.15) is 0 Å². The van der Waals surface area contributed by atoms with Crippen molar-refractivity contribution in [3.05, 3.63) is 0 Å².